The van der Waals surface area contributed by atoms with Crippen LogP contribution in [-0.2, 0) is 11.2 Å². The van der Waals surface area contributed by atoms with E-state index >= 15 is 0 Å². The van der Waals surface area contributed by atoms with Crippen molar-refractivity contribution < 1.29 is 14.7 Å². The maximum Gasteiger partial charge on any atom is 0.352 e. The van der Waals surface area contributed by atoms with E-state index in [9.17, 15) is 19.5 Å². The number of fused-ring (bicyclic) bond motifs is 1. The zero-order valence-corrected chi connectivity index (χ0v) is 22.7. The van der Waals surface area contributed by atoms with Crippen LogP contribution in [0.5, 0.6) is 0 Å². The van der Waals surface area contributed by atoms with Crippen LogP contribution in [0.3, 0.4) is 0 Å². The van der Waals surface area contributed by atoms with Gasteiger partial charge in [-0.25, -0.2) is 15.3 Å². The molecule has 1 unspecified atom stereocenters. The molecule has 1 aliphatic heterocycles. The lowest BCUT2D eigenvalue weighted by Crippen LogP contribution is -2.37. The van der Waals surface area contributed by atoms with Crippen molar-refractivity contribution in [3.8, 4) is 11.1 Å². The smallest absolute Gasteiger partial charge is 0.352 e. The molecule has 0 bridgehead atoms. The molecule has 1 aliphatic rings. The van der Waals surface area contributed by atoms with Crippen LogP contribution >= 0.6 is 11.6 Å². The molecule has 5 N–H and O–H groups in total. The fourth-order valence-corrected chi connectivity index (χ4v) is 5.06. The normalized spacial score (nSPS) is 13.2. The molecule has 0 saturated carbocycles. The summed E-state index contributed by atoms with van der Waals surface area (Å²) in [5.74, 6) is -1.47. The second-order valence-electron chi connectivity index (χ2n) is 9.65. The largest absolute Gasteiger partial charge is 0.477 e. The number of anilines is 2. The number of carbonyl (C=O) groups is 2. The molecule has 0 saturated heterocycles. The molecular weight excluding hydrogens is 558 g/mol. The number of carboxylic acids is 1. The van der Waals surface area contributed by atoms with Gasteiger partial charge in [0, 0.05) is 45.9 Å². The van der Waals surface area contributed by atoms with Gasteiger partial charge in [0.2, 0.25) is 5.91 Å². The molecule has 5 aromatic rings. The van der Waals surface area contributed by atoms with Crippen LogP contribution in [0.4, 0.5) is 11.4 Å². The Morgan fingerprint density at radius 3 is 2.57 bits per heavy atom. The average Bonchev–Trinajstić information content (AvgIpc) is 3.67. The van der Waals surface area contributed by atoms with Crippen LogP contribution in [0.25, 0.3) is 22.0 Å². The molecule has 0 radical (unpaired) electrons. The Bertz CT molecular complexity index is 1900. The number of nitrogens with zero attached hydrogens (tertiary/aromatic N) is 3. The third-order valence-corrected chi connectivity index (χ3v) is 7.15. The predicted molar refractivity (Wildman–Crippen MR) is 161 cm³/mol. The second-order valence-corrected chi connectivity index (χ2v) is 10.1. The van der Waals surface area contributed by atoms with Crippen LogP contribution < -0.4 is 27.0 Å². The number of benzene rings is 3. The highest BCUT2D eigenvalue weighted by atomic mass is 35.5. The van der Waals surface area contributed by atoms with Crippen molar-refractivity contribution in [2.24, 2.45) is 5.10 Å². The maximum atomic E-state index is 13.7. The van der Waals surface area contributed by atoms with E-state index in [4.69, 9.17) is 11.6 Å². The van der Waals surface area contributed by atoms with Crippen LogP contribution in [0.1, 0.15) is 22.1 Å². The highest BCUT2D eigenvalue weighted by Crippen LogP contribution is 2.32. The van der Waals surface area contributed by atoms with Crippen molar-refractivity contribution in [1.29, 1.82) is 0 Å². The lowest BCUT2D eigenvalue weighted by Gasteiger charge is -2.21. The number of pyridine rings is 1. The Balaban J connectivity index is 1.34. The van der Waals surface area contributed by atoms with Crippen molar-refractivity contribution >= 4 is 52.1 Å². The molecular formula is C30H24ClN7O4. The molecule has 12 heteroatoms. The molecule has 1 amide bonds. The van der Waals surface area contributed by atoms with Gasteiger partial charge < -0.3 is 20.0 Å². The fourth-order valence-electron chi connectivity index (χ4n) is 4.89. The number of aromatic nitrogens is 2. The summed E-state index contributed by atoms with van der Waals surface area (Å²) in [6.07, 6.45) is 3.43. The first-order valence-electron chi connectivity index (χ1n) is 12.9. The minimum Gasteiger partial charge on any atom is -0.477 e. The quantitative estimate of drug-likeness (QED) is 0.181. The first-order valence-corrected chi connectivity index (χ1v) is 13.3. The first kappa shape index (κ1) is 26.8. The van der Waals surface area contributed by atoms with Crippen molar-refractivity contribution in [3.05, 3.63) is 118 Å². The minimum atomic E-state index is -1.08. The topological polar surface area (TPSA) is 144 Å². The molecule has 6 rings (SSSR count). The molecule has 3 heterocycles. The number of hydrazine groups is 2. The first-order chi connectivity index (χ1) is 20.4. The molecule has 0 spiro atoms. The molecule has 11 nitrogen and oxygen atoms in total. The molecule has 3 aromatic carbocycles. The zero-order valence-electron chi connectivity index (χ0n) is 21.9. The van der Waals surface area contributed by atoms with Gasteiger partial charge in [0.25, 0.3) is 5.56 Å². The highest BCUT2D eigenvalue weighted by molar-refractivity contribution is 6.31. The van der Waals surface area contributed by atoms with Gasteiger partial charge in [-0.2, -0.15) is 5.10 Å². The predicted octanol–water partition coefficient (Wildman–Crippen LogP) is 4.54. The summed E-state index contributed by atoms with van der Waals surface area (Å²) in [6, 6.07) is 23.7. The van der Waals surface area contributed by atoms with Gasteiger partial charge in [0.15, 0.2) is 0 Å². The maximum absolute atomic E-state index is 13.7. The average molecular weight is 582 g/mol. The summed E-state index contributed by atoms with van der Waals surface area (Å²) in [4.78, 5) is 41.5. The summed E-state index contributed by atoms with van der Waals surface area (Å²) in [5.41, 5.74) is 9.21. The van der Waals surface area contributed by atoms with Crippen molar-refractivity contribution in [2.75, 3.05) is 10.3 Å². The Labute approximate surface area is 244 Å². The van der Waals surface area contributed by atoms with Gasteiger partial charge in [-0.1, -0.05) is 41.9 Å². The number of amides is 1. The number of halogens is 1. The molecule has 0 fully saturated rings. The van der Waals surface area contributed by atoms with Gasteiger partial charge in [0.1, 0.15) is 18.1 Å². The summed E-state index contributed by atoms with van der Waals surface area (Å²) >= 11 is 6.30. The third-order valence-electron chi connectivity index (χ3n) is 6.91. The molecule has 1 atom stereocenters. The van der Waals surface area contributed by atoms with Gasteiger partial charge in [0.05, 0.1) is 5.69 Å². The van der Waals surface area contributed by atoms with Crippen molar-refractivity contribution in [1.82, 2.24) is 20.6 Å². The van der Waals surface area contributed by atoms with Gasteiger partial charge in [-0.05, 0) is 59.7 Å². The van der Waals surface area contributed by atoms with Crippen LogP contribution in [0.2, 0.25) is 5.02 Å². The molecule has 210 valence electrons. The lowest BCUT2D eigenvalue weighted by molar-refractivity contribution is -0.119. The third kappa shape index (κ3) is 5.46. The van der Waals surface area contributed by atoms with Gasteiger partial charge >= 0.3 is 5.97 Å². The monoisotopic (exact) mass is 581 g/mol. The number of carbonyl (C=O) groups excluding carboxylic acids is 1. The lowest BCUT2D eigenvalue weighted by atomic mass is 10.0. The van der Waals surface area contributed by atoms with Crippen LogP contribution in [0.15, 0.2) is 101 Å². The van der Waals surface area contributed by atoms with E-state index in [0.29, 0.717) is 32.7 Å². The number of hydrazone groups is 1. The highest BCUT2D eigenvalue weighted by Gasteiger charge is 2.24. The summed E-state index contributed by atoms with van der Waals surface area (Å²) in [5, 5.41) is 18.9. The van der Waals surface area contributed by atoms with Gasteiger partial charge in [-0.3, -0.25) is 9.59 Å². The zero-order chi connectivity index (χ0) is 29.2. The number of hydrogen-bond donors (Lipinski definition) is 5. The Kier molecular flexibility index (Phi) is 7.17. The van der Waals surface area contributed by atoms with Crippen molar-refractivity contribution in [3.63, 3.8) is 0 Å². The fraction of sp³-hybridized carbons (Fsp3) is 0.0667. The standard InChI is InChI=1S/C30H24ClN7O4/c31-21-6-9-26(38-17-32-35-36-38)23(16-21)19-10-11-37(28(39)15-19)27(12-18-4-2-1-3-5-18)29(40)33-22-7-8-24-20(13-22)14-25(34-24)30(41)42/h1-11,13-17,27,34-36H,12H2,(H,33,40)(H,41,42). The molecule has 2 aromatic heterocycles. The van der Waals surface area contributed by atoms with Crippen LogP contribution in [-0.4, -0.2) is 32.9 Å². The SMILES string of the molecule is O=C(O)c1cc2cc(NC(=O)C(Cc3ccccc3)n3ccc(-c4cc(Cl)ccc4N4C=NNN4)cc3=O)ccc2[nH]1. The van der Waals surface area contributed by atoms with E-state index in [1.165, 1.54) is 16.7 Å². The Morgan fingerprint density at radius 1 is 1.00 bits per heavy atom. The van der Waals surface area contributed by atoms with E-state index in [-0.39, 0.29) is 17.7 Å². The van der Waals surface area contributed by atoms with Crippen LogP contribution in [0, 0.1) is 0 Å². The van der Waals surface area contributed by atoms with Crippen molar-refractivity contribution in [2.45, 2.75) is 12.5 Å². The summed E-state index contributed by atoms with van der Waals surface area (Å²) < 4.78 is 1.41. The minimum absolute atomic E-state index is 0.0500. The molecule has 42 heavy (non-hydrogen) atoms. The van der Waals surface area contributed by atoms with E-state index < -0.39 is 17.9 Å². The molecule has 0 aliphatic carbocycles. The van der Waals surface area contributed by atoms with E-state index in [2.05, 4.69) is 26.5 Å². The number of aromatic carboxylic acids is 1. The Morgan fingerprint density at radius 2 is 1.83 bits per heavy atom. The number of hydrogen-bond acceptors (Lipinski definition) is 7. The van der Waals surface area contributed by atoms with E-state index in [0.717, 1.165) is 11.3 Å². The second kappa shape index (κ2) is 11.2. The summed E-state index contributed by atoms with van der Waals surface area (Å²) in [6.45, 7) is 0. The van der Waals surface area contributed by atoms with E-state index in [1.807, 2.05) is 36.4 Å². The number of nitrogens with one attached hydrogen (secondary N) is 4. The Hall–Kier alpha value is -5.39. The van der Waals surface area contributed by atoms with E-state index in [1.54, 1.807) is 53.9 Å². The number of aromatic amines is 1. The van der Waals surface area contributed by atoms with Gasteiger partial charge in [-0.15, -0.1) is 5.53 Å². The number of H-pyrrole nitrogens is 1. The summed E-state index contributed by atoms with van der Waals surface area (Å²) in [7, 11) is 0. The number of carboxylic acid groups (broad SMARTS) is 1. The number of rotatable bonds is 8.